The van der Waals surface area contributed by atoms with Crippen molar-refractivity contribution in [1.82, 2.24) is 10.2 Å². The summed E-state index contributed by atoms with van der Waals surface area (Å²) < 4.78 is 14.8. The van der Waals surface area contributed by atoms with Crippen molar-refractivity contribution in [2.45, 2.75) is 16.5 Å². The second-order valence-corrected chi connectivity index (χ2v) is 7.29. The number of benzene rings is 1. The van der Waals surface area contributed by atoms with E-state index < -0.39 is 11.1 Å². The molecule has 2 aromatic rings. The van der Waals surface area contributed by atoms with Gasteiger partial charge in [0, 0.05) is 4.47 Å². The Kier molecular flexibility index (Phi) is 4.95. The average Bonchev–Trinajstić information content (AvgIpc) is 2.78. The summed E-state index contributed by atoms with van der Waals surface area (Å²) in [5.41, 5.74) is 5.61. The Bertz CT molecular complexity index is 637. The molecule has 0 aliphatic rings. The van der Waals surface area contributed by atoms with Gasteiger partial charge < -0.3 is 11.1 Å². The van der Waals surface area contributed by atoms with Crippen molar-refractivity contribution < 1.29 is 9.18 Å². The monoisotopic (exact) mass is 376 g/mol. The first-order chi connectivity index (χ1) is 9.45. The van der Waals surface area contributed by atoms with Gasteiger partial charge in [-0.15, -0.1) is 10.2 Å². The minimum Gasteiger partial charge on any atom is -0.374 e. The van der Waals surface area contributed by atoms with Crippen LogP contribution in [0, 0.1) is 5.82 Å². The summed E-state index contributed by atoms with van der Waals surface area (Å²) in [7, 11) is 0. The van der Waals surface area contributed by atoms with Crippen molar-refractivity contribution in [2.75, 3.05) is 11.1 Å². The Morgan fingerprint density at radius 2 is 2.30 bits per heavy atom. The maximum Gasteiger partial charge on any atom is 0.237 e. The molecule has 9 heteroatoms. The number of aromatic nitrogens is 2. The highest BCUT2D eigenvalue weighted by atomic mass is 79.9. The van der Waals surface area contributed by atoms with Gasteiger partial charge in [0.25, 0.3) is 0 Å². The van der Waals surface area contributed by atoms with Gasteiger partial charge in [0.2, 0.25) is 11.0 Å². The molecule has 0 spiro atoms. The number of carbonyl (C=O) groups excluding carboxylic acids is 1. The molecule has 5 nitrogen and oxygen atoms in total. The van der Waals surface area contributed by atoms with Crippen LogP contribution in [0.2, 0.25) is 0 Å². The maximum absolute atomic E-state index is 13.6. The summed E-state index contributed by atoms with van der Waals surface area (Å²) in [5.74, 6) is -0.810. The lowest BCUT2D eigenvalue weighted by Crippen LogP contribution is -2.22. The fraction of sp³-hybridized carbons (Fsp3) is 0.182. The molecule has 1 aromatic carbocycles. The molecule has 106 valence electrons. The largest absolute Gasteiger partial charge is 0.374 e. The van der Waals surface area contributed by atoms with Crippen LogP contribution in [-0.2, 0) is 4.79 Å². The zero-order valence-corrected chi connectivity index (χ0v) is 13.5. The number of anilines is 2. The Hall–Kier alpha value is -1.19. The van der Waals surface area contributed by atoms with Gasteiger partial charge >= 0.3 is 0 Å². The molecule has 1 unspecified atom stereocenters. The van der Waals surface area contributed by atoms with Crippen LogP contribution >= 0.6 is 39.0 Å². The summed E-state index contributed by atoms with van der Waals surface area (Å²) in [6, 6.07) is 4.44. The Morgan fingerprint density at radius 3 is 2.90 bits per heavy atom. The lowest BCUT2D eigenvalue weighted by Gasteiger charge is -2.11. The van der Waals surface area contributed by atoms with Crippen LogP contribution in [-0.4, -0.2) is 21.4 Å². The van der Waals surface area contributed by atoms with Gasteiger partial charge in [0.05, 0.1) is 10.9 Å². The molecule has 1 aromatic heterocycles. The van der Waals surface area contributed by atoms with Gasteiger partial charge in [-0.3, -0.25) is 4.79 Å². The van der Waals surface area contributed by atoms with Crippen LogP contribution in [0.3, 0.4) is 0 Å². The average molecular weight is 377 g/mol. The minimum atomic E-state index is -0.495. The van der Waals surface area contributed by atoms with Gasteiger partial charge in [0.15, 0.2) is 4.34 Å². The first-order valence-electron chi connectivity index (χ1n) is 5.47. The summed E-state index contributed by atoms with van der Waals surface area (Å²) in [6.07, 6.45) is 0. The number of rotatable bonds is 4. The molecule has 0 saturated carbocycles. The van der Waals surface area contributed by atoms with Crippen molar-refractivity contribution in [3.63, 3.8) is 0 Å². The predicted octanol–water partition coefficient (Wildman–Crippen LogP) is 3.14. The van der Waals surface area contributed by atoms with Crippen LogP contribution in [0.5, 0.6) is 0 Å². The Morgan fingerprint density at radius 1 is 1.55 bits per heavy atom. The predicted molar refractivity (Wildman–Crippen MR) is 82.4 cm³/mol. The molecule has 0 radical (unpaired) electrons. The van der Waals surface area contributed by atoms with E-state index in [-0.39, 0.29) is 11.6 Å². The fourth-order valence-electron chi connectivity index (χ4n) is 1.30. The number of hydrogen-bond donors (Lipinski definition) is 2. The molecule has 0 aliphatic heterocycles. The van der Waals surface area contributed by atoms with Crippen LogP contribution in [0.25, 0.3) is 0 Å². The van der Waals surface area contributed by atoms with Gasteiger partial charge in [0.1, 0.15) is 5.82 Å². The third-order valence-corrected chi connectivity index (χ3v) is 4.69. The number of nitrogens with one attached hydrogen (secondary N) is 1. The van der Waals surface area contributed by atoms with Crippen molar-refractivity contribution in [3.05, 3.63) is 28.5 Å². The summed E-state index contributed by atoms with van der Waals surface area (Å²) in [6.45, 7) is 1.70. The maximum atomic E-state index is 13.6. The molecule has 3 N–H and O–H groups in total. The Balaban J connectivity index is 2.00. The third-order valence-electron chi connectivity index (χ3n) is 2.26. The number of nitrogen functional groups attached to an aromatic ring is 1. The van der Waals surface area contributed by atoms with E-state index in [1.165, 1.54) is 35.2 Å². The molecule has 0 bridgehead atoms. The highest BCUT2D eigenvalue weighted by Gasteiger charge is 2.18. The van der Waals surface area contributed by atoms with E-state index in [1.807, 2.05) is 0 Å². The number of halogens is 2. The zero-order valence-electron chi connectivity index (χ0n) is 10.3. The molecule has 20 heavy (non-hydrogen) atoms. The second kappa shape index (κ2) is 6.51. The molecule has 1 atom stereocenters. The molecular weight excluding hydrogens is 367 g/mol. The lowest BCUT2D eigenvalue weighted by atomic mass is 10.3. The van der Waals surface area contributed by atoms with E-state index in [2.05, 4.69) is 31.4 Å². The molecule has 1 heterocycles. The number of thioether (sulfide) groups is 1. The SMILES string of the molecule is CC(Sc1nnc(N)s1)C(=O)Nc1ccc(Br)cc1F. The molecule has 0 fully saturated rings. The smallest absolute Gasteiger partial charge is 0.237 e. The van der Waals surface area contributed by atoms with Crippen molar-refractivity contribution in [3.8, 4) is 0 Å². The van der Waals surface area contributed by atoms with E-state index in [9.17, 15) is 9.18 Å². The van der Waals surface area contributed by atoms with E-state index in [0.717, 1.165) is 0 Å². The number of amides is 1. The Labute approximate surface area is 131 Å². The van der Waals surface area contributed by atoms with E-state index >= 15 is 0 Å². The van der Waals surface area contributed by atoms with Crippen LogP contribution in [0.1, 0.15) is 6.92 Å². The van der Waals surface area contributed by atoms with Gasteiger partial charge in [-0.2, -0.15) is 0 Å². The highest BCUT2D eigenvalue weighted by Crippen LogP contribution is 2.28. The summed E-state index contributed by atoms with van der Waals surface area (Å²) in [5, 5.41) is 9.93. The van der Waals surface area contributed by atoms with Gasteiger partial charge in [-0.25, -0.2) is 4.39 Å². The van der Waals surface area contributed by atoms with E-state index in [4.69, 9.17) is 5.73 Å². The summed E-state index contributed by atoms with van der Waals surface area (Å²) in [4.78, 5) is 12.0. The number of carbonyl (C=O) groups is 1. The molecule has 0 aliphatic carbocycles. The summed E-state index contributed by atoms with van der Waals surface area (Å²) >= 11 is 5.58. The van der Waals surface area contributed by atoms with Crippen LogP contribution in [0.4, 0.5) is 15.2 Å². The molecule has 0 saturated heterocycles. The number of nitrogens with two attached hydrogens (primary N) is 1. The first-order valence-corrected chi connectivity index (χ1v) is 7.96. The minimum absolute atomic E-state index is 0.141. The van der Waals surface area contributed by atoms with Crippen molar-refractivity contribution in [1.29, 1.82) is 0 Å². The lowest BCUT2D eigenvalue weighted by molar-refractivity contribution is -0.115. The van der Waals surface area contributed by atoms with Gasteiger partial charge in [-0.05, 0) is 25.1 Å². The normalized spacial score (nSPS) is 12.2. The van der Waals surface area contributed by atoms with E-state index in [0.29, 0.717) is 13.9 Å². The second-order valence-electron chi connectivity index (χ2n) is 3.78. The standard InChI is InChI=1S/C11H10BrFN4OS2/c1-5(19-11-17-16-10(14)20-11)9(18)15-8-3-2-6(12)4-7(8)13/h2-5H,1H3,(H2,14,16)(H,15,18). The highest BCUT2D eigenvalue weighted by molar-refractivity contribution is 9.10. The zero-order chi connectivity index (χ0) is 14.7. The quantitative estimate of drug-likeness (QED) is 0.801. The van der Waals surface area contributed by atoms with E-state index in [1.54, 1.807) is 13.0 Å². The number of nitrogens with zero attached hydrogens (tertiary/aromatic N) is 2. The topological polar surface area (TPSA) is 80.9 Å². The van der Waals surface area contributed by atoms with Crippen LogP contribution in [0.15, 0.2) is 27.0 Å². The van der Waals surface area contributed by atoms with Crippen molar-refractivity contribution in [2.24, 2.45) is 0 Å². The first kappa shape index (κ1) is 15.2. The van der Waals surface area contributed by atoms with Crippen LogP contribution < -0.4 is 11.1 Å². The fourth-order valence-corrected chi connectivity index (χ4v) is 3.41. The van der Waals surface area contributed by atoms with Gasteiger partial charge in [-0.1, -0.05) is 39.0 Å². The number of hydrogen-bond acceptors (Lipinski definition) is 6. The van der Waals surface area contributed by atoms with Crippen molar-refractivity contribution >= 4 is 55.8 Å². The molecule has 1 amide bonds. The molecular formula is C11H10BrFN4OS2. The molecule has 2 rings (SSSR count). The third kappa shape index (κ3) is 3.90.